The van der Waals surface area contributed by atoms with E-state index in [0.29, 0.717) is 6.61 Å². The number of hydrogen-bond acceptors (Lipinski definition) is 2. The second kappa shape index (κ2) is 1.83. The molecule has 0 atom stereocenters. The average Bonchev–Trinajstić information content (AvgIpc) is 2.33. The van der Waals surface area contributed by atoms with Crippen LogP contribution in [0.25, 0.3) is 0 Å². The lowest BCUT2D eigenvalue weighted by Gasteiger charge is -2.10. The zero-order chi connectivity index (χ0) is 6.10. The average molecular weight is 121 g/mol. The van der Waals surface area contributed by atoms with Crippen molar-refractivity contribution in [1.29, 1.82) is 0 Å². The van der Waals surface area contributed by atoms with Crippen LogP contribution in [-0.2, 0) is 4.74 Å². The standard InChI is InChI=1S/C7H7NO/c1-3-8-7-5-9-4-2-6(1)7/h1H,2,4-5H2. The smallest absolute Gasteiger partial charge is 0.0899 e. The van der Waals surface area contributed by atoms with Crippen molar-refractivity contribution in [2.45, 2.75) is 6.42 Å². The van der Waals surface area contributed by atoms with Crippen LogP contribution in [0.5, 0.6) is 0 Å². The van der Waals surface area contributed by atoms with E-state index in [4.69, 9.17) is 4.74 Å². The van der Waals surface area contributed by atoms with E-state index in [1.165, 1.54) is 5.57 Å². The Hall–Kier alpha value is -0.850. The van der Waals surface area contributed by atoms with Crippen molar-refractivity contribution in [3.63, 3.8) is 0 Å². The predicted octanol–water partition coefficient (Wildman–Crippen LogP) is 0.900. The van der Waals surface area contributed by atoms with Crippen molar-refractivity contribution in [1.82, 2.24) is 0 Å². The molecule has 0 saturated carbocycles. The van der Waals surface area contributed by atoms with Crippen molar-refractivity contribution >= 4 is 5.87 Å². The van der Waals surface area contributed by atoms with Crippen molar-refractivity contribution in [2.24, 2.45) is 4.99 Å². The van der Waals surface area contributed by atoms with Gasteiger partial charge in [-0.3, -0.25) is 0 Å². The minimum Gasteiger partial charge on any atom is -0.375 e. The van der Waals surface area contributed by atoms with Gasteiger partial charge in [-0.05, 0) is 17.9 Å². The summed E-state index contributed by atoms with van der Waals surface area (Å²) >= 11 is 0. The van der Waals surface area contributed by atoms with Gasteiger partial charge < -0.3 is 4.74 Å². The summed E-state index contributed by atoms with van der Waals surface area (Å²) in [6, 6.07) is 0. The molecule has 0 fully saturated rings. The molecular weight excluding hydrogens is 114 g/mol. The summed E-state index contributed by atoms with van der Waals surface area (Å²) in [4.78, 5) is 4.01. The molecule has 2 heterocycles. The summed E-state index contributed by atoms with van der Waals surface area (Å²) in [7, 11) is 0. The Morgan fingerprint density at radius 1 is 1.67 bits per heavy atom. The maximum absolute atomic E-state index is 5.17. The molecule has 46 valence electrons. The zero-order valence-corrected chi connectivity index (χ0v) is 5.05. The van der Waals surface area contributed by atoms with Crippen molar-refractivity contribution in [3.8, 4) is 0 Å². The SMILES string of the molecule is C1=CC2=C(COCC2)N=1. The Balaban J connectivity index is 2.32. The summed E-state index contributed by atoms with van der Waals surface area (Å²) in [6.45, 7) is 1.52. The molecule has 2 aliphatic rings. The molecule has 2 nitrogen and oxygen atoms in total. The van der Waals surface area contributed by atoms with Crippen LogP contribution in [0.1, 0.15) is 6.42 Å². The van der Waals surface area contributed by atoms with Gasteiger partial charge in [0.25, 0.3) is 0 Å². The second-order valence-electron chi connectivity index (χ2n) is 2.16. The van der Waals surface area contributed by atoms with Crippen molar-refractivity contribution < 1.29 is 4.74 Å². The topological polar surface area (TPSA) is 21.6 Å². The second-order valence-corrected chi connectivity index (χ2v) is 2.16. The minimum absolute atomic E-state index is 0.679. The Kier molecular flexibility index (Phi) is 1.01. The molecule has 2 rings (SSSR count). The van der Waals surface area contributed by atoms with Crippen LogP contribution >= 0.6 is 0 Å². The molecule has 2 aliphatic heterocycles. The van der Waals surface area contributed by atoms with Gasteiger partial charge in [0.2, 0.25) is 0 Å². The maximum atomic E-state index is 5.17. The van der Waals surface area contributed by atoms with Gasteiger partial charge in [-0.25, -0.2) is 4.99 Å². The third kappa shape index (κ3) is 0.727. The lowest BCUT2D eigenvalue weighted by molar-refractivity contribution is 0.147. The molecule has 0 spiro atoms. The van der Waals surface area contributed by atoms with E-state index < -0.39 is 0 Å². The monoisotopic (exact) mass is 121 g/mol. The van der Waals surface area contributed by atoms with E-state index in [9.17, 15) is 0 Å². The zero-order valence-electron chi connectivity index (χ0n) is 5.05. The molecule has 0 aromatic heterocycles. The lowest BCUT2D eigenvalue weighted by Crippen LogP contribution is -2.06. The van der Waals surface area contributed by atoms with E-state index in [-0.39, 0.29) is 0 Å². The van der Waals surface area contributed by atoms with Crippen LogP contribution in [0.15, 0.2) is 22.3 Å². The van der Waals surface area contributed by atoms with E-state index >= 15 is 0 Å². The normalized spacial score (nSPS) is 23.1. The van der Waals surface area contributed by atoms with Gasteiger partial charge >= 0.3 is 0 Å². The minimum atomic E-state index is 0.679. The molecule has 0 aromatic rings. The number of hydrogen-bond donors (Lipinski definition) is 0. The number of nitrogens with zero attached hydrogens (tertiary/aromatic N) is 1. The predicted molar refractivity (Wildman–Crippen MR) is 34.5 cm³/mol. The Bertz CT molecular complexity index is 201. The molecule has 0 saturated heterocycles. The summed E-state index contributed by atoms with van der Waals surface area (Å²) in [5.74, 6) is 2.81. The van der Waals surface area contributed by atoms with Crippen LogP contribution in [0.2, 0.25) is 0 Å². The molecule has 0 aliphatic carbocycles. The first-order chi connectivity index (χ1) is 4.47. The maximum Gasteiger partial charge on any atom is 0.0899 e. The highest BCUT2D eigenvalue weighted by Crippen LogP contribution is 2.19. The quantitative estimate of drug-likeness (QED) is 0.466. The molecule has 0 unspecified atom stereocenters. The van der Waals surface area contributed by atoms with Crippen molar-refractivity contribution in [2.75, 3.05) is 13.2 Å². The third-order valence-electron chi connectivity index (χ3n) is 1.56. The van der Waals surface area contributed by atoms with Gasteiger partial charge in [0.1, 0.15) is 0 Å². The number of aliphatic imine (C=N–C) groups is 1. The Morgan fingerprint density at radius 3 is 3.56 bits per heavy atom. The lowest BCUT2D eigenvalue weighted by atomic mass is 10.1. The summed E-state index contributed by atoms with van der Waals surface area (Å²) < 4.78 is 5.17. The number of allylic oxidation sites excluding steroid dienone is 1. The van der Waals surface area contributed by atoms with Crippen LogP contribution in [-0.4, -0.2) is 19.1 Å². The van der Waals surface area contributed by atoms with Gasteiger partial charge in [0, 0.05) is 6.08 Å². The summed E-state index contributed by atoms with van der Waals surface area (Å²) in [5.41, 5.74) is 2.38. The first-order valence-corrected chi connectivity index (χ1v) is 3.06. The van der Waals surface area contributed by atoms with Crippen LogP contribution < -0.4 is 0 Å². The van der Waals surface area contributed by atoms with E-state index in [2.05, 4.69) is 10.9 Å². The Labute approximate surface area is 53.5 Å². The molecular formula is C7H7NO. The van der Waals surface area contributed by atoms with Gasteiger partial charge in [0.15, 0.2) is 0 Å². The van der Waals surface area contributed by atoms with Crippen LogP contribution in [0.3, 0.4) is 0 Å². The van der Waals surface area contributed by atoms with Gasteiger partial charge in [-0.15, -0.1) is 0 Å². The molecule has 0 amide bonds. The third-order valence-corrected chi connectivity index (χ3v) is 1.56. The number of rotatable bonds is 0. The van der Waals surface area contributed by atoms with Crippen LogP contribution in [0, 0.1) is 0 Å². The fraction of sp³-hybridized carbons (Fsp3) is 0.429. The van der Waals surface area contributed by atoms with Crippen molar-refractivity contribution in [3.05, 3.63) is 17.3 Å². The largest absolute Gasteiger partial charge is 0.375 e. The first kappa shape index (κ1) is 4.98. The van der Waals surface area contributed by atoms with E-state index in [0.717, 1.165) is 18.7 Å². The van der Waals surface area contributed by atoms with Crippen LogP contribution in [0.4, 0.5) is 0 Å². The van der Waals surface area contributed by atoms with Gasteiger partial charge in [-0.2, -0.15) is 0 Å². The number of ether oxygens (including phenoxy) is 1. The molecule has 0 aromatic carbocycles. The molecule has 9 heavy (non-hydrogen) atoms. The van der Waals surface area contributed by atoms with Gasteiger partial charge in [0.05, 0.1) is 18.9 Å². The van der Waals surface area contributed by atoms with Gasteiger partial charge in [-0.1, -0.05) is 0 Å². The summed E-state index contributed by atoms with van der Waals surface area (Å²) in [5, 5.41) is 0. The fourth-order valence-corrected chi connectivity index (χ4v) is 1.04. The molecule has 2 heteroatoms. The van der Waals surface area contributed by atoms with E-state index in [1.54, 1.807) is 0 Å². The fourth-order valence-electron chi connectivity index (χ4n) is 1.04. The highest BCUT2D eigenvalue weighted by molar-refractivity contribution is 5.64. The molecule has 0 N–H and O–H groups in total. The molecule has 0 radical (unpaired) electrons. The van der Waals surface area contributed by atoms with E-state index in [1.807, 2.05) is 6.08 Å². The highest BCUT2D eigenvalue weighted by atomic mass is 16.5. The first-order valence-electron chi connectivity index (χ1n) is 3.06. The highest BCUT2D eigenvalue weighted by Gasteiger charge is 2.11. The summed E-state index contributed by atoms with van der Waals surface area (Å²) in [6.07, 6.45) is 2.95. The molecule has 0 bridgehead atoms. The Morgan fingerprint density at radius 2 is 2.67 bits per heavy atom.